The lowest BCUT2D eigenvalue weighted by Crippen LogP contribution is -2.80. The van der Waals surface area contributed by atoms with E-state index in [2.05, 4.69) is 20.8 Å². The van der Waals surface area contributed by atoms with Gasteiger partial charge in [0.2, 0.25) is 0 Å². The van der Waals surface area contributed by atoms with Crippen molar-refractivity contribution in [2.24, 2.45) is 5.41 Å². The van der Waals surface area contributed by atoms with Gasteiger partial charge >= 0.3 is 0 Å². The number of hydrogen-bond donors (Lipinski definition) is 2. The highest BCUT2D eigenvalue weighted by atomic mass is 35.7. The summed E-state index contributed by atoms with van der Waals surface area (Å²) in [6, 6.07) is 0. The lowest BCUT2D eigenvalue weighted by molar-refractivity contribution is -2.00. The molecule has 0 aromatic heterocycles. The Bertz CT molecular complexity index is 268. The average Bonchev–Trinajstić information content (AvgIpc) is 2.58. The number of unbranched alkanes of at least 4 members (excludes halogenated alkanes) is 7. The fourth-order valence-electron chi connectivity index (χ4n) is 3.74. The van der Waals surface area contributed by atoms with E-state index in [-0.39, 0.29) is 0 Å². The first kappa shape index (κ1) is 29.3. The summed E-state index contributed by atoms with van der Waals surface area (Å²) in [5.74, 6) is 0. The quantitative estimate of drug-likeness (QED) is 0.272. The molecule has 3 N–H and O–H groups in total. The van der Waals surface area contributed by atoms with Crippen molar-refractivity contribution >= 4 is 0 Å². The van der Waals surface area contributed by atoms with Gasteiger partial charge in [-0.2, -0.15) is 0 Å². The second-order valence-corrected chi connectivity index (χ2v) is 8.43. The molecule has 0 spiro atoms. The van der Waals surface area contributed by atoms with Crippen molar-refractivity contribution in [3.05, 3.63) is 0 Å². The second kappa shape index (κ2) is 19.4. The lowest BCUT2D eigenvalue weighted by Gasteiger charge is -2.35. The summed E-state index contributed by atoms with van der Waals surface area (Å²) in [5.41, 5.74) is 1.95. The van der Waals surface area contributed by atoms with E-state index in [0.717, 1.165) is 13.0 Å². The van der Waals surface area contributed by atoms with Crippen LogP contribution in [0.25, 0.3) is 0 Å². The molecule has 0 aromatic carbocycles. The zero-order valence-electron chi connectivity index (χ0n) is 17.8. The van der Waals surface area contributed by atoms with Gasteiger partial charge in [0.1, 0.15) is 6.54 Å². The van der Waals surface area contributed by atoms with Crippen LogP contribution in [0.15, 0.2) is 0 Å². The van der Waals surface area contributed by atoms with Gasteiger partial charge in [-0.1, -0.05) is 78.6 Å². The maximum absolute atomic E-state index is 8.89. The normalized spacial score (nSPS) is 12.0. The van der Waals surface area contributed by atoms with E-state index in [0.29, 0.717) is 5.41 Å². The summed E-state index contributed by atoms with van der Waals surface area (Å²) in [6.07, 6.45) is 20.6. The molecule has 0 aliphatic carbocycles. The Hall–Kier alpha value is 0.0500. The SMILES string of the molecule is CCCCCC(CCCCC)(CCCCC)CCCC[NH2+]O.[O-][Cl+3]([O-])([O-])[O-]. The Morgan fingerprint density at radius 2 is 0.926 bits per heavy atom. The van der Waals surface area contributed by atoms with E-state index in [1.54, 1.807) is 0 Å². The van der Waals surface area contributed by atoms with Crippen LogP contribution in [-0.2, 0) is 0 Å². The van der Waals surface area contributed by atoms with Crippen molar-refractivity contribution in [1.82, 2.24) is 0 Å². The second-order valence-electron chi connectivity index (χ2n) is 7.68. The maximum Gasteiger partial charge on any atom is 0.105 e. The highest BCUT2D eigenvalue weighted by Crippen LogP contribution is 2.41. The zero-order chi connectivity index (χ0) is 21.0. The summed E-state index contributed by atoms with van der Waals surface area (Å²) in [7, 11) is -4.94. The van der Waals surface area contributed by atoms with Gasteiger partial charge < -0.3 is 0 Å². The Labute approximate surface area is 169 Å². The molecule has 6 nitrogen and oxygen atoms in total. The Balaban J connectivity index is 0. The van der Waals surface area contributed by atoms with Crippen molar-refractivity contribution in [2.45, 2.75) is 117 Å². The minimum Gasteiger partial charge on any atom is -0.222 e. The fourth-order valence-corrected chi connectivity index (χ4v) is 3.74. The predicted molar refractivity (Wildman–Crippen MR) is 97.3 cm³/mol. The molecule has 0 radical (unpaired) electrons. The molecule has 7 heteroatoms. The third-order valence-corrected chi connectivity index (χ3v) is 5.22. The molecule has 0 saturated heterocycles. The predicted octanol–water partition coefficient (Wildman–Crippen LogP) is 1.08. The molecular formula is C20H44ClNO5. The van der Waals surface area contributed by atoms with Gasteiger partial charge in [0.05, 0.1) is 0 Å². The molecule has 0 saturated carbocycles. The smallest absolute Gasteiger partial charge is 0.105 e. The molecule has 166 valence electrons. The summed E-state index contributed by atoms with van der Waals surface area (Å²) >= 11 is 0. The van der Waals surface area contributed by atoms with E-state index in [1.807, 2.05) is 0 Å². The van der Waals surface area contributed by atoms with Crippen LogP contribution in [0.5, 0.6) is 0 Å². The summed E-state index contributed by atoms with van der Waals surface area (Å²) in [5, 5.41) is 8.89. The topological polar surface area (TPSA) is 129 Å². The highest BCUT2D eigenvalue weighted by molar-refractivity contribution is 4.80. The van der Waals surface area contributed by atoms with E-state index in [9.17, 15) is 0 Å². The van der Waals surface area contributed by atoms with Crippen LogP contribution in [0.2, 0.25) is 0 Å². The van der Waals surface area contributed by atoms with Crippen molar-refractivity contribution in [3.8, 4) is 0 Å². The van der Waals surface area contributed by atoms with Crippen molar-refractivity contribution in [3.63, 3.8) is 0 Å². The Morgan fingerprint density at radius 1 is 0.630 bits per heavy atom. The standard InChI is InChI=1S/C20H43NO.ClHO4/c1-4-7-10-15-20(16-11-8-5-2,17-12-9-6-3)18-13-14-19-21-22;2-1(3,4)5/h21-22H,4-19H2,1-3H3;(H,2,3,4,5). The molecule has 0 unspecified atom stereocenters. The zero-order valence-corrected chi connectivity index (χ0v) is 18.6. The molecule has 0 heterocycles. The van der Waals surface area contributed by atoms with Crippen LogP contribution in [0, 0.1) is 15.7 Å². The molecule has 0 aromatic rings. The lowest BCUT2D eigenvalue weighted by atomic mass is 9.71. The van der Waals surface area contributed by atoms with E-state index in [1.165, 1.54) is 95.4 Å². The molecule has 27 heavy (non-hydrogen) atoms. The van der Waals surface area contributed by atoms with Crippen molar-refractivity contribution in [2.75, 3.05) is 6.54 Å². The van der Waals surface area contributed by atoms with Gasteiger partial charge in [-0.05, 0) is 43.9 Å². The summed E-state index contributed by atoms with van der Waals surface area (Å²) in [4.78, 5) is 0. The van der Waals surface area contributed by atoms with Gasteiger partial charge in [-0.15, -0.1) is 10.2 Å². The maximum atomic E-state index is 8.89. The molecule has 0 atom stereocenters. The van der Waals surface area contributed by atoms with Crippen molar-refractivity contribution in [1.29, 1.82) is 0 Å². The van der Waals surface area contributed by atoms with E-state index >= 15 is 0 Å². The fraction of sp³-hybridized carbons (Fsp3) is 1.00. The third kappa shape index (κ3) is 24.0. The number of hydrogen-bond acceptors (Lipinski definition) is 5. The van der Waals surface area contributed by atoms with Crippen LogP contribution in [0.1, 0.15) is 117 Å². The van der Waals surface area contributed by atoms with Crippen molar-refractivity contribution < 1.29 is 39.6 Å². The minimum absolute atomic E-state index is 0.606. The van der Waals surface area contributed by atoms with Gasteiger partial charge in [0.25, 0.3) is 0 Å². The number of nitrogens with two attached hydrogens (primary N) is 1. The van der Waals surface area contributed by atoms with Gasteiger partial charge in [-0.3, -0.25) is 0 Å². The van der Waals surface area contributed by atoms with Crippen LogP contribution in [0.3, 0.4) is 0 Å². The first-order valence-electron chi connectivity index (χ1n) is 10.8. The molecule has 0 bridgehead atoms. The third-order valence-electron chi connectivity index (χ3n) is 5.22. The number of quaternary nitrogens is 1. The Kier molecular flexibility index (Phi) is 21.0. The van der Waals surface area contributed by atoms with Crippen LogP contribution < -0.4 is 24.1 Å². The molecule has 0 fully saturated rings. The van der Waals surface area contributed by atoms with Crippen LogP contribution >= 0.6 is 0 Å². The number of rotatable bonds is 17. The number of halogens is 1. The molecular weight excluding hydrogens is 370 g/mol. The number of hydroxylamine groups is 1. The van der Waals surface area contributed by atoms with Gasteiger partial charge in [0, 0.05) is 0 Å². The van der Waals surface area contributed by atoms with E-state index < -0.39 is 10.2 Å². The first-order valence-corrected chi connectivity index (χ1v) is 12.1. The van der Waals surface area contributed by atoms with E-state index in [4.69, 9.17) is 23.8 Å². The van der Waals surface area contributed by atoms with Crippen LogP contribution in [0.4, 0.5) is 0 Å². The monoisotopic (exact) mass is 413 g/mol. The molecule has 0 aliphatic heterocycles. The van der Waals surface area contributed by atoms with Crippen LogP contribution in [-0.4, -0.2) is 11.8 Å². The first-order chi connectivity index (χ1) is 12.7. The molecule has 0 aliphatic rings. The summed E-state index contributed by atoms with van der Waals surface area (Å²) in [6.45, 7) is 7.81. The largest absolute Gasteiger partial charge is 0.222 e. The Morgan fingerprint density at radius 3 is 1.19 bits per heavy atom. The van der Waals surface area contributed by atoms with Gasteiger partial charge in [-0.25, -0.2) is 29.3 Å². The van der Waals surface area contributed by atoms with Gasteiger partial charge in [0.15, 0.2) is 0 Å². The minimum atomic E-state index is -4.94. The molecule has 0 rings (SSSR count). The highest BCUT2D eigenvalue weighted by Gasteiger charge is 2.28. The average molecular weight is 414 g/mol. The summed E-state index contributed by atoms with van der Waals surface area (Å²) < 4.78 is 34.0. The molecule has 0 amide bonds.